The summed E-state index contributed by atoms with van der Waals surface area (Å²) in [6.07, 6.45) is 1.78. The Hall–Kier alpha value is -2.28. The first kappa shape index (κ1) is 13.2. The summed E-state index contributed by atoms with van der Waals surface area (Å²) in [7, 11) is 0. The maximum atomic E-state index is 4.09. The summed E-state index contributed by atoms with van der Waals surface area (Å²) >= 11 is 0. The van der Waals surface area contributed by atoms with E-state index in [0.29, 0.717) is 0 Å². The first-order valence-electron chi connectivity index (χ1n) is 6.36. The van der Waals surface area contributed by atoms with Gasteiger partial charge in [-0.15, -0.1) is 0 Å². The molecule has 2 rings (SSSR count). The summed E-state index contributed by atoms with van der Waals surface area (Å²) in [6.45, 7) is 12.1. The van der Waals surface area contributed by atoms with E-state index in [2.05, 4.69) is 80.4 Å². The van der Waals surface area contributed by atoms with Crippen LogP contribution in [0.25, 0.3) is 0 Å². The van der Waals surface area contributed by atoms with E-state index in [1.165, 1.54) is 11.1 Å². The van der Waals surface area contributed by atoms with Gasteiger partial charge in [-0.05, 0) is 55.3 Å². The summed E-state index contributed by atoms with van der Waals surface area (Å²) in [6, 6.07) is 16.8. The Morgan fingerprint density at radius 2 is 1.42 bits per heavy atom. The molecule has 0 aromatic heterocycles. The number of rotatable bonds is 4. The van der Waals surface area contributed by atoms with Crippen LogP contribution in [0.4, 0.5) is 11.4 Å². The molecule has 0 atom stereocenters. The summed E-state index contributed by atoms with van der Waals surface area (Å²) in [5.41, 5.74) is 5.54. The van der Waals surface area contributed by atoms with Crippen molar-refractivity contribution in [3.05, 3.63) is 84.6 Å². The molecule has 0 saturated heterocycles. The Morgan fingerprint density at radius 3 is 1.79 bits per heavy atom. The topological polar surface area (TPSA) is 3.24 Å². The van der Waals surface area contributed by atoms with Crippen molar-refractivity contribution in [2.45, 2.75) is 13.8 Å². The van der Waals surface area contributed by atoms with Crippen molar-refractivity contribution in [3.8, 4) is 0 Å². The zero-order valence-electron chi connectivity index (χ0n) is 11.6. The first-order chi connectivity index (χ1) is 9.11. The molecule has 0 spiro atoms. The fourth-order valence-corrected chi connectivity index (χ4v) is 2.11. The molecule has 0 heterocycles. The van der Waals surface area contributed by atoms with Crippen LogP contribution < -0.4 is 4.90 Å². The van der Waals surface area contributed by atoms with Gasteiger partial charge in [-0.3, -0.25) is 0 Å². The third kappa shape index (κ3) is 2.94. The molecule has 0 N–H and O–H groups in total. The molecule has 0 aliphatic heterocycles. The normalized spacial score (nSPS) is 10.0. The highest BCUT2D eigenvalue weighted by Crippen LogP contribution is 2.30. The van der Waals surface area contributed by atoms with Gasteiger partial charge in [-0.25, -0.2) is 0 Å². The molecular weight excluding hydrogens is 230 g/mol. The first-order valence-corrected chi connectivity index (χ1v) is 6.36. The van der Waals surface area contributed by atoms with Gasteiger partial charge in [-0.2, -0.15) is 0 Å². The van der Waals surface area contributed by atoms with Gasteiger partial charge in [0.05, 0.1) is 0 Å². The molecule has 0 unspecified atom stereocenters. The van der Waals surface area contributed by atoms with Gasteiger partial charge >= 0.3 is 0 Å². The van der Waals surface area contributed by atoms with Gasteiger partial charge in [0, 0.05) is 17.1 Å². The van der Waals surface area contributed by atoms with Gasteiger partial charge in [0.1, 0.15) is 0 Å². The van der Waals surface area contributed by atoms with Crippen LogP contribution in [0.5, 0.6) is 0 Å². The second kappa shape index (κ2) is 5.57. The molecule has 0 amide bonds. The summed E-state index contributed by atoms with van der Waals surface area (Å²) in [4.78, 5) is 2.12. The lowest BCUT2D eigenvalue weighted by molar-refractivity contribution is 1.21. The number of nitrogens with zero attached hydrogens (tertiary/aromatic N) is 1. The van der Waals surface area contributed by atoms with E-state index >= 15 is 0 Å². The van der Waals surface area contributed by atoms with E-state index in [1.807, 2.05) is 0 Å². The maximum Gasteiger partial charge on any atom is 0.0463 e. The zero-order chi connectivity index (χ0) is 13.8. The maximum absolute atomic E-state index is 4.09. The number of hydrogen-bond donors (Lipinski definition) is 0. The molecule has 1 nitrogen and oxygen atoms in total. The lowest BCUT2D eigenvalue weighted by atomic mass is 10.1. The van der Waals surface area contributed by atoms with Gasteiger partial charge in [0.15, 0.2) is 0 Å². The predicted molar refractivity (Wildman–Crippen MR) is 83.8 cm³/mol. The zero-order valence-corrected chi connectivity index (χ0v) is 11.6. The highest BCUT2D eigenvalue weighted by molar-refractivity contribution is 5.70. The number of benzene rings is 2. The van der Waals surface area contributed by atoms with Gasteiger partial charge in [0.25, 0.3) is 0 Å². The number of hydrogen-bond acceptors (Lipinski definition) is 1. The van der Waals surface area contributed by atoms with Crippen molar-refractivity contribution in [1.29, 1.82) is 0 Å². The molecule has 2 aromatic carbocycles. The molecule has 0 radical (unpaired) electrons. The van der Waals surface area contributed by atoms with Crippen molar-refractivity contribution < 1.29 is 0 Å². The van der Waals surface area contributed by atoms with E-state index in [0.717, 1.165) is 17.1 Å². The molecule has 0 aliphatic carbocycles. The van der Waals surface area contributed by atoms with Crippen LogP contribution in [0.1, 0.15) is 11.1 Å². The average Bonchev–Trinajstić information content (AvgIpc) is 2.39. The second-order valence-electron chi connectivity index (χ2n) is 4.71. The Labute approximate surface area is 115 Å². The smallest absolute Gasteiger partial charge is 0.0463 e. The summed E-state index contributed by atoms with van der Waals surface area (Å²) < 4.78 is 0. The summed E-state index contributed by atoms with van der Waals surface area (Å²) in [5, 5.41) is 0. The van der Waals surface area contributed by atoms with Crippen LogP contribution in [0, 0.1) is 13.8 Å². The predicted octanol–water partition coefficient (Wildman–Crippen LogP) is 5.14. The number of anilines is 2. The van der Waals surface area contributed by atoms with E-state index in [-0.39, 0.29) is 0 Å². The Morgan fingerprint density at radius 1 is 0.947 bits per heavy atom. The lowest BCUT2D eigenvalue weighted by Gasteiger charge is -2.26. The minimum atomic E-state index is 0.871. The van der Waals surface area contributed by atoms with Crippen LogP contribution in [0.2, 0.25) is 0 Å². The minimum Gasteiger partial charge on any atom is -0.311 e. The van der Waals surface area contributed by atoms with Gasteiger partial charge < -0.3 is 4.90 Å². The average molecular weight is 249 g/mol. The van der Waals surface area contributed by atoms with Crippen LogP contribution in [-0.4, -0.2) is 0 Å². The van der Waals surface area contributed by atoms with Crippen molar-refractivity contribution in [2.24, 2.45) is 0 Å². The number of aryl methyl sites for hydroxylation is 2. The van der Waals surface area contributed by atoms with Crippen molar-refractivity contribution >= 4 is 11.4 Å². The fraction of sp³-hybridized carbons (Fsp3) is 0.111. The van der Waals surface area contributed by atoms with Crippen LogP contribution in [0.15, 0.2) is 73.5 Å². The lowest BCUT2D eigenvalue weighted by Crippen LogP contribution is -2.14. The van der Waals surface area contributed by atoms with E-state index in [9.17, 15) is 0 Å². The SMILES string of the molecule is C=CC(=C)N(c1cccc(C)c1)c1cccc(C)c1. The molecule has 0 fully saturated rings. The Kier molecular flexibility index (Phi) is 3.86. The highest BCUT2D eigenvalue weighted by Gasteiger charge is 2.11. The Bertz CT molecular complexity index is 565. The third-order valence-corrected chi connectivity index (χ3v) is 3.04. The Balaban J connectivity index is 2.53. The number of allylic oxidation sites excluding steroid dienone is 1. The van der Waals surface area contributed by atoms with Crippen LogP contribution in [-0.2, 0) is 0 Å². The van der Waals surface area contributed by atoms with E-state index in [4.69, 9.17) is 0 Å². The minimum absolute atomic E-state index is 0.871. The largest absolute Gasteiger partial charge is 0.311 e. The van der Waals surface area contributed by atoms with Crippen LogP contribution >= 0.6 is 0 Å². The standard InChI is InChI=1S/C18H19N/c1-5-16(4)19(17-10-6-8-14(2)12-17)18-11-7-9-15(3)13-18/h5-13H,1,4H2,2-3H3. The van der Waals surface area contributed by atoms with Crippen molar-refractivity contribution in [2.75, 3.05) is 4.90 Å². The van der Waals surface area contributed by atoms with Crippen molar-refractivity contribution in [1.82, 2.24) is 0 Å². The molecular formula is C18H19N. The molecule has 0 saturated carbocycles. The van der Waals surface area contributed by atoms with E-state index < -0.39 is 0 Å². The third-order valence-electron chi connectivity index (χ3n) is 3.04. The monoisotopic (exact) mass is 249 g/mol. The van der Waals surface area contributed by atoms with Gasteiger partial charge in [-0.1, -0.05) is 37.4 Å². The highest BCUT2D eigenvalue weighted by atomic mass is 15.1. The van der Waals surface area contributed by atoms with Gasteiger partial charge in [0.2, 0.25) is 0 Å². The summed E-state index contributed by atoms with van der Waals surface area (Å²) in [5.74, 6) is 0. The molecule has 96 valence electrons. The van der Waals surface area contributed by atoms with Crippen LogP contribution in [0.3, 0.4) is 0 Å². The van der Waals surface area contributed by atoms with E-state index in [1.54, 1.807) is 6.08 Å². The molecule has 19 heavy (non-hydrogen) atoms. The second-order valence-corrected chi connectivity index (χ2v) is 4.71. The fourth-order valence-electron chi connectivity index (χ4n) is 2.11. The molecule has 2 aromatic rings. The molecule has 0 bridgehead atoms. The van der Waals surface area contributed by atoms with Crippen molar-refractivity contribution in [3.63, 3.8) is 0 Å². The quantitative estimate of drug-likeness (QED) is 0.678. The molecule has 0 aliphatic rings. The molecule has 1 heteroatoms.